The van der Waals surface area contributed by atoms with Gasteiger partial charge in [0.05, 0.1) is 0 Å². The second-order valence-electron chi connectivity index (χ2n) is 4.77. The van der Waals surface area contributed by atoms with Crippen LogP contribution in [0, 0.1) is 6.92 Å². The summed E-state index contributed by atoms with van der Waals surface area (Å²) in [4.78, 5) is 0. The Kier molecular flexibility index (Phi) is 3.52. The molecule has 2 rings (SSSR count). The summed E-state index contributed by atoms with van der Waals surface area (Å²) in [5.74, 6) is 0.375. The van der Waals surface area contributed by atoms with Gasteiger partial charge in [0.1, 0.15) is 5.75 Å². The van der Waals surface area contributed by atoms with E-state index in [1.165, 1.54) is 0 Å². The van der Waals surface area contributed by atoms with Gasteiger partial charge in [0.15, 0.2) is 0 Å². The lowest BCUT2D eigenvalue weighted by Crippen LogP contribution is -1.93. The van der Waals surface area contributed by atoms with Crippen LogP contribution in [-0.2, 0) is 6.42 Å². The molecule has 0 aromatic heterocycles. The molecule has 1 heteroatoms. The van der Waals surface area contributed by atoms with Crippen LogP contribution in [0.1, 0.15) is 18.1 Å². The van der Waals surface area contributed by atoms with E-state index < -0.39 is 0 Å². The van der Waals surface area contributed by atoms with E-state index in [1.54, 1.807) is 0 Å². The molecule has 0 unspecified atom stereocenters. The minimum Gasteiger partial charge on any atom is -0.507 e. The largest absolute Gasteiger partial charge is 0.507 e. The molecule has 0 aliphatic heterocycles. The zero-order chi connectivity index (χ0) is 13.1. The maximum Gasteiger partial charge on any atom is 0.126 e. The van der Waals surface area contributed by atoms with Crippen LogP contribution in [0.15, 0.2) is 54.6 Å². The first-order valence-corrected chi connectivity index (χ1v) is 6.11. The fraction of sp³-hybridized carbons (Fsp3) is 0.176. The highest BCUT2D eigenvalue weighted by atomic mass is 16.3. The van der Waals surface area contributed by atoms with E-state index in [1.807, 2.05) is 50.2 Å². The molecule has 0 amide bonds. The standard InChI is InChI=1S/C17H18O/c1-12(2)11-15-10-9-13(3)17(18)16(15)14-7-5-4-6-8-14/h4-10,18H,1,11H2,2-3H3. The average Bonchev–Trinajstić information content (AvgIpc) is 2.35. The molecule has 0 fully saturated rings. The van der Waals surface area contributed by atoms with E-state index in [4.69, 9.17) is 0 Å². The third-order valence-corrected chi connectivity index (χ3v) is 3.02. The van der Waals surface area contributed by atoms with Gasteiger partial charge in [0.2, 0.25) is 0 Å². The van der Waals surface area contributed by atoms with Crippen molar-refractivity contribution >= 4 is 0 Å². The molecule has 18 heavy (non-hydrogen) atoms. The smallest absolute Gasteiger partial charge is 0.126 e. The van der Waals surface area contributed by atoms with Gasteiger partial charge in [-0.3, -0.25) is 0 Å². The third-order valence-electron chi connectivity index (χ3n) is 3.02. The summed E-state index contributed by atoms with van der Waals surface area (Å²) < 4.78 is 0. The fourth-order valence-corrected chi connectivity index (χ4v) is 2.14. The van der Waals surface area contributed by atoms with Crippen molar-refractivity contribution < 1.29 is 5.11 Å². The second kappa shape index (κ2) is 5.09. The molecule has 0 heterocycles. The highest BCUT2D eigenvalue weighted by molar-refractivity contribution is 5.75. The van der Waals surface area contributed by atoms with Crippen molar-refractivity contribution in [2.45, 2.75) is 20.3 Å². The van der Waals surface area contributed by atoms with Crippen molar-refractivity contribution in [3.63, 3.8) is 0 Å². The van der Waals surface area contributed by atoms with Crippen molar-refractivity contribution in [1.82, 2.24) is 0 Å². The van der Waals surface area contributed by atoms with E-state index in [9.17, 15) is 5.11 Å². The summed E-state index contributed by atoms with van der Waals surface area (Å²) in [6.45, 7) is 7.88. The summed E-state index contributed by atoms with van der Waals surface area (Å²) in [6, 6.07) is 14.0. The second-order valence-corrected chi connectivity index (χ2v) is 4.77. The highest BCUT2D eigenvalue weighted by Crippen LogP contribution is 2.36. The lowest BCUT2D eigenvalue weighted by Gasteiger charge is -2.14. The number of hydrogen-bond acceptors (Lipinski definition) is 1. The van der Waals surface area contributed by atoms with Gasteiger partial charge in [0.25, 0.3) is 0 Å². The predicted molar refractivity (Wildman–Crippen MR) is 76.8 cm³/mol. The molecule has 0 bridgehead atoms. The predicted octanol–water partition coefficient (Wildman–Crippen LogP) is 4.49. The van der Waals surface area contributed by atoms with Crippen molar-refractivity contribution in [2.24, 2.45) is 0 Å². The van der Waals surface area contributed by atoms with E-state index in [0.717, 1.165) is 34.2 Å². The molecular weight excluding hydrogens is 220 g/mol. The number of allylic oxidation sites excluding steroid dienone is 1. The van der Waals surface area contributed by atoms with E-state index in [0.29, 0.717) is 5.75 Å². The number of hydrogen-bond donors (Lipinski definition) is 1. The van der Waals surface area contributed by atoms with Gasteiger partial charge >= 0.3 is 0 Å². The van der Waals surface area contributed by atoms with Crippen LogP contribution in [0.4, 0.5) is 0 Å². The van der Waals surface area contributed by atoms with Crippen LogP contribution in [0.2, 0.25) is 0 Å². The first-order valence-electron chi connectivity index (χ1n) is 6.11. The number of aromatic hydroxyl groups is 1. The molecule has 1 nitrogen and oxygen atoms in total. The summed E-state index contributed by atoms with van der Waals surface area (Å²) in [7, 11) is 0. The van der Waals surface area contributed by atoms with Gasteiger partial charge in [-0.1, -0.05) is 54.6 Å². The molecule has 0 saturated heterocycles. The number of phenolic OH excluding ortho intramolecular Hbond substituents is 1. The van der Waals surface area contributed by atoms with Gasteiger partial charge in [-0.2, -0.15) is 0 Å². The monoisotopic (exact) mass is 238 g/mol. The van der Waals surface area contributed by atoms with Gasteiger partial charge in [-0.15, -0.1) is 0 Å². The molecule has 1 N–H and O–H groups in total. The SMILES string of the molecule is C=C(C)Cc1ccc(C)c(O)c1-c1ccccc1. The lowest BCUT2D eigenvalue weighted by molar-refractivity contribution is 0.472. The Bertz CT molecular complexity index is 568. The van der Waals surface area contributed by atoms with Crippen molar-refractivity contribution in [3.8, 4) is 16.9 Å². The van der Waals surface area contributed by atoms with Crippen LogP contribution in [0.5, 0.6) is 5.75 Å². The van der Waals surface area contributed by atoms with E-state index in [2.05, 4.69) is 12.6 Å². The molecule has 92 valence electrons. The minimum absolute atomic E-state index is 0.375. The summed E-state index contributed by atoms with van der Waals surface area (Å²) in [5, 5.41) is 10.3. The van der Waals surface area contributed by atoms with Gasteiger partial charge in [0, 0.05) is 5.56 Å². The van der Waals surface area contributed by atoms with E-state index >= 15 is 0 Å². The van der Waals surface area contributed by atoms with Crippen LogP contribution in [0.25, 0.3) is 11.1 Å². The summed E-state index contributed by atoms with van der Waals surface area (Å²) in [5.41, 5.74) is 5.10. The molecule has 0 saturated carbocycles. The average molecular weight is 238 g/mol. The van der Waals surface area contributed by atoms with Crippen LogP contribution in [0.3, 0.4) is 0 Å². The molecule has 0 aliphatic carbocycles. The molecule has 2 aromatic rings. The number of rotatable bonds is 3. The quantitative estimate of drug-likeness (QED) is 0.781. The third kappa shape index (κ3) is 2.45. The Morgan fingerprint density at radius 3 is 2.39 bits per heavy atom. The molecule has 0 atom stereocenters. The minimum atomic E-state index is 0.375. The zero-order valence-corrected chi connectivity index (χ0v) is 10.9. The number of aryl methyl sites for hydroxylation is 1. The van der Waals surface area contributed by atoms with Crippen LogP contribution in [-0.4, -0.2) is 5.11 Å². The molecule has 2 aromatic carbocycles. The number of benzene rings is 2. The van der Waals surface area contributed by atoms with Crippen molar-refractivity contribution in [2.75, 3.05) is 0 Å². The zero-order valence-electron chi connectivity index (χ0n) is 10.9. The maximum atomic E-state index is 10.3. The van der Waals surface area contributed by atoms with Gasteiger partial charge in [-0.05, 0) is 37.0 Å². The van der Waals surface area contributed by atoms with Gasteiger partial charge in [-0.25, -0.2) is 0 Å². The summed E-state index contributed by atoms with van der Waals surface area (Å²) in [6.07, 6.45) is 0.790. The molecule has 0 aliphatic rings. The first kappa shape index (κ1) is 12.4. The topological polar surface area (TPSA) is 20.2 Å². The Hall–Kier alpha value is -2.02. The van der Waals surface area contributed by atoms with Crippen molar-refractivity contribution in [3.05, 3.63) is 65.7 Å². The number of phenols is 1. The van der Waals surface area contributed by atoms with Gasteiger partial charge < -0.3 is 5.11 Å². The lowest BCUT2D eigenvalue weighted by atomic mass is 9.93. The molecular formula is C17H18O. The van der Waals surface area contributed by atoms with Crippen molar-refractivity contribution in [1.29, 1.82) is 0 Å². The Morgan fingerprint density at radius 1 is 1.11 bits per heavy atom. The summed E-state index contributed by atoms with van der Waals surface area (Å²) >= 11 is 0. The van der Waals surface area contributed by atoms with E-state index in [-0.39, 0.29) is 0 Å². The normalized spacial score (nSPS) is 10.3. The fourth-order valence-electron chi connectivity index (χ4n) is 2.14. The molecule has 0 radical (unpaired) electrons. The van der Waals surface area contributed by atoms with Crippen LogP contribution < -0.4 is 0 Å². The Morgan fingerprint density at radius 2 is 1.78 bits per heavy atom. The Balaban J connectivity index is 2.62. The molecule has 0 spiro atoms. The first-order chi connectivity index (χ1) is 8.59. The Labute approximate surface area is 108 Å². The maximum absolute atomic E-state index is 10.3. The highest BCUT2D eigenvalue weighted by Gasteiger charge is 2.12. The van der Waals surface area contributed by atoms with Crippen LogP contribution >= 0.6 is 0 Å².